The molecular formula is C53H40BN3. The SMILES string of the molecule is N#Cc1ccc2c3c1N(c1ccccc1)c1ccc(-c4cccc5c4C4(c6ccccc6-5)C5CC6CC(C5)CC4C6)cc1B3c1ccccc1N2c1ccccc1. The first-order valence-corrected chi connectivity index (χ1v) is 21.0. The fourth-order valence-corrected chi connectivity index (χ4v) is 13.4. The molecule has 0 atom stereocenters. The second-order valence-electron chi connectivity index (χ2n) is 17.6. The van der Waals surface area contributed by atoms with E-state index in [1.807, 2.05) is 6.07 Å². The Morgan fingerprint density at radius 2 is 1.14 bits per heavy atom. The van der Waals surface area contributed by atoms with Crippen molar-refractivity contribution in [2.45, 2.75) is 37.5 Å². The fraction of sp³-hybridized carbons (Fsp3) is 0.189. The molecule has 14 rings (SSSR count). The van der Waals surface area contributed by atoms with E-state index >= 15 is 0 Å². The van der Waals surface area contributed by atoms with Gasteiger partial charge in [-0.3, -0.25) is 0 Å². The van der Waals surface area contributed by atoms with Gasteiger partial charge in [-0.25, -0.2) is 0 Å². The summed E-state index contributed by atoms with van der Waals surface area (Å²) in [4.78, 5) is 4.77. The minimum absolute atomic E-state index is 0.0570. The predicted octanol–water partition coefficient (Wildman–Crippen LogP) is 11.0. The number of fused-ring (bicyclic) bond motifs is 7. The van der Waals surface area contributed by atoms with Gasteiger partial charge >= 0.3 is 0 Å². The zero-order valence-electron chi connectivity index (χ0n) is 31.8. The van der Waals surface area contributed by atoms with Gasteiger partial charge in [-0.05, 0) is 154 Å². The highest BCUT2D eigenvalue weighted by Gasteiger charge is 2.62. The first kappa shape index (κ1) is 31.9. The third kappa shape index (κ3) is 4.12. The molecule has 2 aliphatic heterocycles. The van der Waals surface area contributed by atoms with E-state index in [1.165, 1.54) is 76.4 Å². The maximum absolute atomic E-state index is 10.8. The van der Waals surface area contributed by atoms with Crippen LogP contribution in [0.25, 0.3) is 22.3 Å². The molecule has 0 unspecified atom stereocenters. The number of hydrogen-bond acceptors (Lipinski definition) is 3. The Bertz CT molecular complexity index is 2830. The van der Waals surface area contributed by atoms with Crippen molar-refractivity contribution in [3.05, 3.63) is 174 Å². The van der Waals surface area contributed by atoms with E-state index < -0.39 is 0 Å². The van der Waals surface area contributed by atoms with Crippen molar-refractivity contribution in [1.29, 1.82) is 5.26 Å². The molecule has 0 saturated heterocycles. The van der Waals surface area contributed by atoms with Crippen molar-refractivity contribution >= 4 is 57.2 Å². The van der Waals surface area contributed by atoms with Crippen LogP contribution < -0.4 is 26.2 Å². The van der Waals surface area contributed by atoms with Gasteiger partial charge < -0.3 is 9.80 Å². The first-order chi connectivity index (χ1) is 28.2. The van der Waals surface area contributed by atoms with E-state index in [0.717, 1.165) is 40.3 Å². The number of para-hydroxylation sites is 3. The number of anilines is 6. The van der Waals surface area contributed by atoms with Crippen LogP contribution in [-0.4, -0.2) is 6.71 Å². The van der Waals surface area contributed by atoms with Crippen LogP contribution in [0.1, 0.15) is 48.8 Å². The Labute approximate surface area is 334 Å². The highest BCUT2D eigenvalue weighted by Crippen LogP contribution is 2.70. The monoisotopic (exact) mass is 729 g/mol. The molecule has 7 aliphatic rings. The smallest absolute Gasteiger partial charge is 0.252 e. The second kappa shape index (κ2) is 11.6. The molecule has 0 radical (unpaired) electrons. The second-order valence-corrected chi connectivity index (χ2v) is 17.6. The zero-order chi connectivity index (χ0) is 37.4. The molecular weight excluding hydrogens is 689 g/mol. The summed E-state index contributed by atoms with van der Waals surface area (Å²) >= 11 is 0. The van der Waals surface area contributed by atoms with Gasteiger partial charge in [0.05, 0.1) is 11.3 Å². The van der Waals surface area contributed by atoms with Gasteiger partial charge in [0, 0.05) is 33.9 Å². The van der Waals surface area contributed by atoms with Crippen LogP contribution >= 0.6 is 0 Å². The quantitative estimate of drug-likeness (QED) is 0.170. The maximum atomic E-state index is 10.8. The minimum Gasteiger partial charge on any atom is -0.311 e. The Balaban J connectivity index is 1.09. The third-order valence-electron chi connectivity index (χ3n) is 15.0. The van der Waals surface area contributed by atoms with Crippen LogP contribution in [0.5, 0.6) is 0 Å². The van der Waals surface area contributed by atoms with Gasteiger partial charge in [-0.1, -0.05) is 109 Å². The fourth-order valence-electron chi connectivity index (χ4n) is 13.4. The van der Waals surface area contributed by atoms with Gasteiger partial charge in [-0.15, -0.1) is 0 Å². The zero-order valence-corrected chi connectivity index (χ0v) is 31.8. The molecule has 3 nitrogen and oxygen atoms in total. The summed E-state index contributed by atoms with van der Waals surface area (Å²) < 4.78 is 0. The molecule has 1 spiro atoms. The summed E-state index contributed by atoms with van der Waals surface area (Å²) in [5.41, 5.74) is 19.9. The van der Waals surface area contributed by atoms with Gasteiger partial charge in [0.2, 0.25) is 0 Å². The van der Waals surface area contributed by atoms with Crippen molar-refractivity contribution in [2.24, 2.45) is 23.7 Å². The normalized spacial score (nSPS) is 23.7. The number of rotatable bonds is 3. The summed E-state index contributed by atoms with van der Waals surface area (Å²) in [5, 5.41) is 10.8. The molecule has 0 amide bonds. The Morgan fingerprint density at radius 1 is 0.526 bits per heavy atom. The van der Waals surface area contributed by atoms with Crippen LogP contribution in [0.15, 0.2) is 158 Å². The van der Waals surface area contributed by atoms with Gasteiger partial charge in [0.1, 0.15) is 6.07 Å². The molecule has 4 bridgehead atoms. The Kier molecular flexibility index (Phi) is 6.49. The third-order valence-corrected chi connectivity index (χ3v) is 15.0. The molecule has 7 aromatic carbocycles. The minimum atomic E-state index is -0.0570. The molecule has 4 saturated carbocycles. The highest BCUT2D eigenvalue weighted by atomic mass is 15.2. The van der Waals surface area contributed by atoms with E-state index in [2.05, 4.69) is 168 Å². The molecule has 270 valence electrons. The average molecular weight is 730 g/mol. The number of nitrogens with zero attached hydrogens (tertiary/aromatic N) is 3. The molecule has 2 heterocycles. The van der Waals surface area contributed by atoms with Crippen molar-refractivity contribution < 1.29 is 0 Å². The first-order valence-electron chi connectivity index (χ1n) is 21.0. The summed E-state index contributed by atoms with van der Waals surface area (Å²) in [6.45, 7) is -0.0570. The van der Waals surface area contributed by atoms with Crippen LogP contribution in [0.3, 0.4) is 0 Å². The summed E-state index contributed by atoms with van der Waals surface area (Å²) in [7, 11) is 0. The van der Waals surface area contributed by atoms with E-state index in [-0.39, 0.29) is 12.1 Å². The lowest BCUT2D eigenvalue weighted by atomic mass is 9.33. The van der Waals surface area contributed by atoms with Crippen LogP contribution in [0, 0.1) is 35.0 Å². The van der Waals surface area contributed by atoms with Gasteiger partial charge in [0.25, 0.3) is 6.71 Å². The highest BCUT2D eigenvalue weighted by molar-refractivity contribution is 7.00. The van der Waals surface area contributed by atoms with E-state index in [0.29, 0.717) is 17.4 Å². The molecule has 57 heavy (non-hydrogen) atoms. The maximum Gasteiger partial charge on any atom is 0.252 e. The molecule has 0 aromatic heterocycles. The molecule has 5 aliphatic carbocycles. The van der Waals surface area contributed by atoms with E-state index in [1.54, 1.807) is 11.1 Å². The summed E-state index contributed by atoms with van der Waals surface area (Å²) in [5.74, 6) is 3.17. The van der Waals surface area contributed by atoms with Crippen LogP contribution in [-0.2, 0) is 5.41 Å². The van der Waals surface area contributed by atoms with Crippen LogP contribution in [0.4, 0.5) is 34.1 Å². The lowest BCUT2D eigenvalue weighted by Crippen LogP contribution is -2.61. The van der Waals surface area contributed by atoms with E-state index in [4.69, 9.17) is 0 Å². The lowest BCUT2D eigenvalue weighted by molar-refractivity contribution is -0.0397. The lowest BCUT2D eigenvalue weighted by Gasteiger charge is -2.61. The summed E-state index contributed by atoms with van der Waals surface area (Å²) in [6, 6.07) is 61.1. The standard InChI is InChI=1S/C53H40BN3/c55-32-36-23-25-49-51-52(36)57(40-14-5-2-6-15-40)48-24-22-35(31-46(48)54(51)45-20-9-10-21-47(45)56(49)39-12-3-1-4-13-39)41-17-11-18-43-42-16-7-8-19-44(42)53(50(41)43)37-27-33-26-34(29-37)30-38(53)28-33/h1-25,31,33-34,37-38H,26-30H2. The van der Waals surface area contributed by atoms with Crippen molar-refractivity contribution in [3.8, 4) is 28.3 Å². The Morgan fingerprint density at radius 3 is 1.89 bits per heavy atom. The Hall–Kier alpha value is -6.31. The molecule has 7 aromatic rings. The van der Waals surface area contributed by atoms with Gasteiger partial charge in [0.15, 0.2) is 0 Å². The van der Waals surface area contributed by atoms with Crippen molar-refractivity contribution in [2.75, 3.05) is 9.80 Å². The average Bonchev–Trinajstić information content (AvgIpc) is 3.56. The molecule has 4 heteroatoms. The summed E-state index contributed by atoms with van der Waals surface area (Å²) in [6.07, 6.45) is 6.90. The van der Waals surface area contributed by atoms with Crippen molar-refractivity contribution in [1.82, 2.24) is 0 Å². The topological polar surface area (TPSA) is 30.3 Å². The molecule has 4 fully saturated rings. The predicted molar refractivity (Wildman–Crippen MR) is 234 cm³/mol. The van der Waals surface area contributed by atoms with E-state index in [9.17, 15) is 5.26 Å². The van der Waals surface area contributed by atoms with Crippen molar-refractivity contribution in [3.63, 3.8) is 0 Å². The van der Waals surface area contributed by atoms with Gasteiger partial charge in [-0.2, -0.15) is 5.26 Å². The van der Waals surface area contributed by atoms with Crippen LogP contribution in [0.2, 0.25) is 0 Å². The largest absolute Gasteiger partial charge is 0.311 e. The molecule has 0 N–H and O–H groups in total. The number of benzene rings is 7. The number of nitriles is 1. The number of hydrogen-bond donors (Lipinski definition) is 0.